The summed E-state index contributed by atoms with van der Waals surface area (Å²) in [6.45, 7) is 5.10. The van der Waals surface area contributed by atoms with Crippen LogP contribution in [0, 0.1) is 6.92 Å². The van der Waals surface area contributed by atoms with Crippen molar-refractivity contribution in [2.24, 2.45) is 0 Å². The molecule has 0 N–H and O–H groups in total. The molecular weight excluding hydrogens is 430 g/mol. The van der Waals surface area contributed by atoms with Gasteiger partial charge in [-0.1, -0.05) is 11.6 Å². The molecule has 170 valence electrons. The van der Waals surface area contributed by atoms with E-state index in [1.165, 1.54) is 34.3 Å². The average molecular weight is 453 g/mol. The number of fused-ring (bicyclic) bond motifs is 3. The maximum absolute atomic E-state index is 13.2. The van der Waals surface area contributed by atoms with E-state index < -0.39 is 6.36 Å². The molecule has 0 aliphatic carbocycles. The van der Waals surface area contributed by atoms with E-state index in [-0.39, 0.29) is 18.2 Å². The quantitative estimate of drug-likeness (QED) is 0.540. The summed E-state index contributed by atoms with van der Waals surface area (Å²) in [6, 6.07) is 11.2. The molecule has 1 amide bonds. The lowest BCUT2D eigenvalue weighted by atomic mass is 9.94. The molecule has 6 rings (SSSR count). The minimum absolute atomic E-state index is 0.0582. The van der Waals surface area contributed by atoms with E-state index in [4.69, 9.17) is 7.98 Å². The van der Waals surface area contributed by atoms with Crippen LogP contribution in [-0.4, -0.2) is 42.8 Å². The highest BCUT2D eigenvalue weighted by atomic mass is 19.4. The van der Waals surface area contributed by atoms with Crippen molar-refractivity contribution in [2.45, 2.75) is 45.1 Å². The van der Waals surface area contributed by atoms with E-state index in [2.05, 4.69) is 33.3 Å². The lowest BCUT2D eigenvalue weighted by Crippen LogP contribution is -2.32. The van der Waals surface area contributed by atoms with Crippen LogP contribution in [0.2, 0.25) is 0 Å². The molecule has 4 heterocycles. The van der Waals surface area contributed by atoms with E-state index in [1.807, 2.05) is 6.07 Å². The molecule has 33 heavy (non-hydrogen) atoms. The average Bonchev–Trinajstić information content (AvgIpc) is 2.90. The molecule has 0 spiro atoms. The van der Waals surface area contributed by atoms with Crippen LogP contribution in [0.3, 0.4) is 0 Å². The number of amides is 1. The number of hydrogen-bond acceptors (Lipinski definition) is 3. The SMILES string of the molecule is [B]N(C(=O)Cn1c2c(c3cc(C)ccc31)CN1CCC2CC1)c1ccc(OC(F)(F)F)cc1. The van der Waals surface area contributed by atoms with Crippen LogP contribution in [0.5, 0.6) is 5.75 Å². The third kappa shape index (κ3) is 4.22. The van der Waals surface area contributed by atoms with E-state index in [0.717, 1.165) is 54.9 Å². The number of carbonyl (C=O) groups excluding carboxylic acids is 1. The molecule has 1 saturated heterocycles. The van der Waals surface area contributed by atoms with Crippen molar-refractivity contribution < 1.29 is 22.7 Å². The Bertz CT molecular complexity index is 1200. The standard InChI is InChI=1S/C24H23BF3N3O2/c1-15-2-7-21-19(12-15)20-13-29-10-8-16(9-11-29)23(20)30(21)14-22(32)31(25)17-3-5-18(6-4-17)33-24(26,27)28/h2-7,12,16H,8-11,13-14H2,1H3. The number of rotatable bonds is 4. The maximum Gasteiger partial charge on any atom is 0.573 e. The Morgan fingerprint density at radius 1 is 1.15 bits per heavy atom. The zero-order valence-corrected chi connectivity index (χ0v) is 18.2. The molecule has 2 aromatic carbocycles. The predicted octanol–water partition coefficient (Wildman–Crippen LogP) is 4.66. The fourth-order valence-corrected chi connectivity index (χ4v) is 5.11. The summed E-state index contributed by atoms with van der Waals surface area (Å²) < 4.78 is 43.2. The molecule has 1 fully saturated rings. The Labute approximate surface area is 191 Å². The first-order chi connectivity index (χ1) is 15.7. The lowest BCUT2D eigenvalue weighted by Gasteiger charge is -2.28. The van der Waals surface area contributed by atoms with Crippen LogP contribution in [0.15, 0.2) is 42.5 Å². The molecule has 2 radical (unpaired) electrons. The predicted molar refractivity (Wildman–Crippen MR) is 120 cm³/mol. The fourth-order valence-electron chi connectivity index (χ4n) is 5.11. The normalized spacial score (nSPS) is 19.9. The number of benzene rings is 2. The number of nitrogens with zero attached hydrogens (tertiary/aromatic N) is 3. The van der Waals surface area contributed by atoms with Crippen LogP contribution in [0.25, 0.3) is 10.9 Å². The van der Waals surface area contributed by atoms with Gasteiger partial charge in [-0.05, 0) is 74.8 Å². The van der Waals surface area contributed by atoms with Crippen LogP contribution in [0.4, 0.5) is 18.9 Å². The number of alkyl halides is 3. The highest BCUT2D eigenvalue weighted by Gasteiger charge is 2.33. The molecular formula is C24H23BF3N3O2. The highest BCUT2D eigenvalue weighted by Crippen LogP contribution is 2.41. The van der Waals surface area contributed by atoms with Crippen molar-refractivity contribution >= 4 is 30.5 Å². The summed E-state index contributed by atoms with van der Waals surface area (Å²) in [5.41, 5.74) is 4.97. The summed E-state index contributed by atoms with van der Waals surface area (Å²) in [5.74, 6) is -0.321. The number of hydrogen-bond donors (Lipinski definition) is 0. The molecule has 2 bridgehead atoms. The van der Waals surface area contributed by atoms with E-state index in [0.29, 0.717) is 11.6 Å². The Kier molecular flexibility index (Phi) is 5.39. The van der Waals surface area contributed by atoms with Gasteiger partial charge in [0.05, 0.1) is 0 Å². The number of aryl methyl sites for hydroxylation is 1. The molecule has 5 nitrogen and oxygen atoms in total. The first kappa shape index (κ1) is 21.9. The highest BCUT2D eigenvalue weighted by molar-refractivity contribution is 6.30. The number of aromatic nitrogens is 1. The van der Waals surface area contributed by atoms with Crippen molar-refractivity contribution in [3.05, 3.63) is 59.3 Å². The van der Waals surface area contributed by atoms with E-state index >= 15 is 0 Å². The molecule has 3 aliphatic heterocycles. The molecule has 0 atom stereocenters. The number of piperidine rings is 1. The summed E-state index contributed by atoms with van der Waals surface area (Å²) >= 11 is 0. The third-order valence-electron chi connectivity index (χ3n) is 6.63. The Morgan fingerprint density at radius 2 is 1.85 bits per heavy atom. The van der Waals surface area contributed by atoms with Crippen molar-refractivity contribution in [3.8, 4) is 5.75 Å². The summed E-state index contributed by atoms with van der Waals surface area (Å²) in [7, 11) is 6.08. The largest absolute Gasteiger partial charge is 0.573 e. The van der Waals surface area contributed by atoms with Gasteiger partial charge in [0.1, 0.15) is 12.3 Å². The van der Waals surface area contributed by atoms with Gasteiger partial charge in [0.25, 0.3) is 0 Å². The van der Waals surface area contributed by atoms with Crippen molar-refractivity contribution in [2.75, 3.05) is 17.9 Å². The van der Waals surface area contributed by atoms with Gasteiger partial charge in [0, 0.05) is 34.7 Å². The summed E-state index contributed by atoms with van der Waals surface area (Å²) in [5, 5.41) is 1.17. The van der Waals surface area contributed by atoms with Gasteiger partial charge in [-0.2, -0.15) is 0 Å². The summed E-state index contributed by atoms with van der Waals surface area (Å²) in [4.78, 5) is 16.6. The third-order valence-corrected chi connectivity index (χ3v) is 6.63. The first-order valence-corrected chi connectivity index (χ1v) is 11.0. The number of carbonyl (C=O) groups is 1. The second kappa shape index (κ2) is 8.13. The number of ether oxygens (including phenoxy) is 1. The van der Waals surface area contributed by atoms with E-state index in [1.54, 1.807) is 0 Å². The Morgan fingerprint density at radius 3 is 2.52 bits per heavy atom. The van der Waals surface area contributed by atoms with Gasteiger partial charge in [-0.15, -0.1) is 13.2 Å². The van der Waals surface area contributed by atoms with Gasteiger partial charge in [-0.25, -0.2) is 0 Å². The van der Waals surface area contributed by atoms with Crippen molar-refractivity contribution in [1.82, 2.24) is 9.47 Å². The Balaban J connectivity index is 1.46. The monoisotopic (exact) mass is 453 g/mol. The van der Waals surface area contributed by atoms with E-state index in [9.17, 15) is 18.0 Å². The minimum Gasteiger partial charge on any atom is -0.406 e. The Hall–Kier alpha value is -2.94. The first-order valence-electron chi connectivity index (χ1n) is 11.0. The van der Waals surface area contributed by atoms with Gasteiger partial charge in [0.2, 0.25) is 13.9 Å². The van der Waals surface area contributed by atoms with Crippen LogP contribution in [0.1, 0.15) is 35.6 Å². The molecule has 3 aromatic rings. The van der Waals surface area contributed by atoms with Crippen LogP contribution in [-0.2, 0) is 17.9 Å². The van der Waals surface area contributed by atoms with Gasteiger partial charge in [0.15, 0.2) is 0 Å². The van der Waals surface area contributed by atoms with Gasteiger partial charge in [-0.3, -0.25) is 9.69 Å². The smallest absolute Gasteiger partial charge is 0.406 e. The topological polar surface area (TPSA) is 37.7 Å². The molecule has 0 saturated carbocycles. The van der Waals surface area contributed by atoms with Crippen LogP contribution >= 0.6 is 0 Å². The molecule has 9 heteroatoms. The zero-order valence-electron chi connectivity index (χ0n) is 18.2. The number of halogens is 3. The number of anilines is 1. The summed E-state index contributed by atoms with van der Waals surface area (Å²) in [6.07, 6.45) is -2.66. The maximum atomic E-state index is 13.2. The second-order valence-corrected chi connectivity index (χ2v) is 8.83. The van der Waals surface area contributed by atoms with Crippen molar-refractivity contribution in [3.63, 3.8) is 0 Å². The minimum atomic E-state index is -4.78. The van der Waals surface area contributed by atoms with Gasteiger partial charge < -0.3 is 14.1 Å². The van der Waals surface area contributed by atoms with Crippen molar-refractivity contribution in [1.29, 1.82) is 0 Å². The second-order valence-electron chi connectivity index (χ2n) is 8.83. The zero-order chi connectivity index (χ0) is 23.3. The molecule has 0 unspecified atom stereocenters. The van der Waals surface area contributed by atoms with Crippen LogP contribution < -0.4 is 9.55 Å². The fraction of sp³-hybridized carbons (Fsp3) is 0.375. The molecule has 1 aromatic heterocycles. The molecule has 3 aliphatic rings. The lowest BCUT2D eigenvalue weighted by molar-refractivity contribution is -0.274. The van der Waals surface area contributed by atoms with Gasteiger partial charge >= 0.3 is 6.36 Å².